The molecule has 1 unspecified atom stereocenters. The number of carboxylic acid groups (broad SMARTS) is 2. The lowest BCUT2D eigenvalue weighted by Gasteiger charge is -2.16. The molecule has 0 aliphatic carbocycles. The quantitative estimate of drug-likeness (QED) is 0.145. The van der Waals surface area contributed by atoms with Gasteiger partial charge in [0.1, 0.15) is 12.5 Å². The average Bonchev–Trinajstić information content (AvgIpc) is 2.41. The normalized spacial score (nSPS) is 11.0. The summed E-state index contributed by atoms with van der Waals surface area (Å²) in [6, 6.07) is -1.15. The van der Waals surface area contributed by atoms with Crippen LogP contribution < -0.4 is 27.2 Å². The number of primary amides is 1. The second-order valence-electron chi connectivity index (χ2n) is 4.41. The molecule has 130 valence electrons. The van der Waals surface area contributed by atoms with Crippen LogP contribution in [0.2, 0.25) is 0 Å². The minimum Gasteiger partial charge on any atom is -0.465 e. The van der Waals surface area contributed by atoms with Gasteiger partial charge in [-0.3, -0.25) is 25.2 Å². The third-order valence-electron chi connectivity index (χ3n) is 2.47. The molecule has 0 saturated heterocycles. The largest absolute Gasteiger partial charge is 0.465 e. The maximum atomic E-state index is 11.8. The highest BCUT2D eigenvalue weighted by Crippen LogP contribution is 2.01. The number of hydrogen-bond acceptors (Lipinski definition) is 5. The lowest BCUT2D eigenvalue weighted by molar-refractivity contribution is -0.132. The predicted octanol–water partition coefficient (Wildman–Crippen LogP) is -1.92. The topological polar surface area (TPSA) is 200 Å². The Balaban J connectivity index is 4.27. The van der Waals surface area contributed by atoms with Crippen LogP contribution in [0.5, 0.6) is 0 Å². The molecule has 1 atom stereocenters. The van der Waals surface area contributed by atoms with Crippen molar-refractivity contribution < 1.29 is 34.2 Å². The smallest absolute Gasteiger partial charge is 0.405 e. The molecule has 0 fully saturated rings. The van der Waals surface area contributed by atoms with Crippen LogP contribution in [-0.2, 0) is 14.4 Å². The molecule has 23 heavy (non-hydrogen) atoms. The highest BCUT2D eigenvalue weighted by molar-refractivity contribution is 5.97. The molecular formula is C11H19N5O7. The number of nitrogens with two attached hydrogens (primary N) is 1. The molecule has 12 nitrogen and oxygen atoms in total. The van der Waals surface area contributed by atoms with E-state index in [1.807, 2.05) is 16.2 Å². The Bertz CT molecular complexity index is 468. The van der Waals surface area contributed by atoms with E-state index in [1.165, 1.54) is 0 Å². The summed E-state index contributed by atoms with van der Waals surface area (Å²) < 4.78 is 0. The molecule has 0 bridgehead atoms. The van der Waals surface area contributed by atoms with Crippen LogP contribution in [0.15, 0.2) is 0 Å². The summed E-state index contributed by atoms with van der Waals surface area (Å²) in [4.78, 5) is 54.3. The zero-order valence-corrected chi connectivity index (χ0v) is 12.1. The number of hydrogen-bond donors (Lipinski definition) is 7. The summed E-state index contributed by atoms with van der Waals surface area (Å²) in [7, 11) is 0. The van der Waals surface area contributed by atoms with Gasteiger partial charge in [0.15, 0.2) is 0 Å². The molecule has 12 heteroatoms. The third-order valence-corrected chi connectivity index (χ3v) is 2.47. The molecule has 5 amide bonds. The number of rotatable bonds is 9. The summed E-state index contributed by atoms with van der Waals surface area (Å²) in [5, 5.41) is 21.1. The van der Waals surface area contributed by atoms with E-state index in [0.717, 1.165) is 0 Å². The fraction of sp³-hybridized carbons (Fsp3) is 0.545. The summed E-state index contributed by atoms with van der Waals surface area (Å²) in [6.07, 6.45) is -2.40. The molecule has 0 rings (SSSR count). The average molecular weight is 333 g/mol. The Hall–Kier alpha value is -3.05. The molecule has 8 N–H and O–H groups in total. The number of amides is 5. The van der Waals surface area contributed by atoms with Gasteiger partial charge in [-0.25, -0.2) is 9.59 Å². The number of carbonyl (C=O) groups is 5. The monoisotopic (exact) mass is 333 g/mol. The first kappa shape index (κ1) is 19.9. The molecular weight excluding hydrogens is 314 g/mol. The van der Waals surface area contributed by atoms with Crippen LogP contribution in [0, 0.1) is 0 Å². The first-order valence-electron chi connectivity index (χ1n) is 6.55. The van der Waals surface area contributed by atoms with E-state index in [0.29, 0.717) is 12.8 Å². The molecule has 0 aliphatic rings. The van der Waals surface area contributed by atoms with Gasteiger partial charge in [0.2, 0.25) is 11.8 Å². The highest BCUT2D eigenvalue weighted by Gasteiger charge is 2.20. The maximum Gasteiger partial charge on any atom is 0.405 e. The van der Waals surface area contributed by atoms with Crippen molar-refractivity contribution in [1.29, 1.82) is 0 Å². The van der Waals surface area contributed by atoms with Gasteiger partial charge in [0.05, 0.1) is 0 Å². The number of hydrazine groups is 1. The lowest BCUT2D eigenvalue weighted by atomic mass is 10.1. The van der Waals surface area contributed by atoms with Crippen LogP contribution in [0.1, 0.15) is 25.7 Å². The maximum absolute atomic E-state index is 11.8. The van der Waals surface area contributed by atoms with E-state index in [1.54, 1.807) is 0 Å². The van der Waals surface area contributed by atoms with Crippen LogP contribution in [0.4, 0.5) is 9.59 Å². The Morgan fingerprint density at radius 1 is 0.957 bits per heavy atom. The van der Waals surface area contributed by atoms with Crippen molar-refractivity contribution in [2.24, 2.45) is 5.73 Å². The molecule has 0 aromatic carbocycles. The van der Waals surface area contributed by atoms with E-state index >= 15 is 0 Å². The molecule has 0 aliphatic heterocycles. The molecule has 0 heterocycles. The van der Waals surface area contributed by atoms with Crippen LogP contribution in [0.25, 0.3) is 0 Å². The second kappa shape index (κ2) is 10.6. The van der Waals surface area contributed by atoms with Gasteiger partial charge >= 0.3 is 12.2 Å². The first-order valence-corrected chi connectivity index (χ1v) is 6.55. The Morgan fingerprint density at radius 3 is 2.13 bits per heavy atom. The van der Waals surface area contributed by atoms with Crippen LogP contribution in [0.3, 0.4) is 0 Å². The van der Waals surface area contributed by atoms with E-state index < -0.39 is 42.4 Å². The first-order chi connectivity index (χ1) is 10.7. The molecule has 0 spiro atoms. The Labute approximate surface area is 130 Å². The Morgan fingerprint density at radius 2 is 1.61 bits per heavy atom. The summed E-state index contributed by atoms with van der Waals surface area (Å²) in [5.41, 5.74) is 8.68. The van der Waals surface area contributed by atoms with Crippen molar-refractivity contribution in [1.82, 2.24) is 21.5 Å². The van der Waals surface area contributed by atoms with E-state index in [-0.39, 0.29) is 13.0 Å². The second-order valence-corrected chi connectivity index (χ2v) is 4.41. The zero-order chi connectivity index (χ0) is 17.8. The van der Waals surface area contributed by atoms with Crippen molar-refractivity contribution in [2.45, 2.75) is 31.7 Å². The van der Waals surface area contributed by atoms with Gasteiger partial charge in [-0.2, -0.15) is 0 Å². The molecule has 0 aromatic rings. The van der Waals surface area contributed by atoms with Crippen LogP contribution >= 0.6 is 0 Å². The number of nitrogens with one attached hydrogen (secondary N) is 4. The summed E-state index contributed by atoms with van der Waals surface area (Å²) in [6.45, 7) is 0.159. The highest BCUT2D eigenvalue weighted by atomic mass is 16.4. The van der Waals surface area contributed by atoms with Crippen molar-refractivity contribution >= 4 is 29.9 Å². The fourth-order valence-corrected chi connectivity index (χ4v) is 1.51. The minimum absolute atomic E-state index is 0.0884. The van der Waals surface area contributed by atoms with Crippen molar-refractivity contribution in [3.63, 3.8) is 0 Å². The predicted molar refractivity (Wildman–Crippen MR) is 74.9 cm³/mol. The molecule has 0 saturated carbocycles. The van der Waals surface area contributed by atoms with E-state index in [4.69, 9.17) is 15.9 Å². The molecule has 0 aromatic heterocycles. The van der Waals surface area contributed by atoms with Gasteiger partial charge < -0.3 is 26.6 Å². The van der Waals surface area contributed by atoms with Gasteiger partial charge in [-0.05, 0) is 19.3 Å². The van der Waals surface area contributed by atoms with Crippen molar-refractivity contribution in [2.75, 3.05) is 6.54 Å². The van der Waals surface area contributed by atoms with E-state index in [2.05, 4.69) is 5.32 Å². The Kier molecular flexibility index (Phi) is 9.23. The lowest BCUT2D eigenvalue weighted by Crippen LogP contribution is -2.52. The van der Waals surface area contributed by atoms with Gasteiger partial charge in [0.25, 0.3) is 5.91 Å². The molecule has 0 radical (unpaired) electrons. The van der Waals surface area contributed by atoms with E-state index in [9.17, 15) is 24.0 Å². The minimum atomic E-state index is -1.43. The SMILES string of the molecule is NC(=O)CC(=O)NNC(=O)C(CCCCNC(=O)O)NC(=O)O. The fourth-order valence-electron chi connectivity index (χ4n) is 1.51. The van der Waals surface area contributed by atoms with Crippen LogP contribution in [-0.4, -0.2) is 52.7 Å². The van der Waals surface area contributed by atoms with Gasteiger partial charge in [0, 0.05) is 6.54 Å². The van der Waals surface area contributed by atoms with Crippen molar-refractivity contribution in [3.8, 4) is 0 Å². The standard InChI is InChI=1S/C11H19N5O7/c12-7(17)5-8(18)15-16-9(19)6(14-11(22)23)3-1-2-4-13-10(20)21/h6,13-14H,1-5H2,(H2,12,17)(H,15,18)(H,16,19)(H,20,21)(H,22,23). The van der Waals surface area contributed by atoms with Crippen molar-refractivity contribution in [3.05, 3.63) is 0 Å². The summed E-state index contributed by atoms with van der Waals surface area (Å²) in [5.74, 6) is -2.55. The zero-order valence-electron chi connectivity index (χ0n) is 12.1. The van der Waals surface area contributed by atoms with Gasteiger partial charge in [-0.15, -0.1) is 0 Å². The van der Waals surface area contributed by atoms with Gasteiger partial charge in [-0.1, -0.05) is 0 Å². The third kappa shape index (κ3) is 11.3. The summed E-state index contributed by atoms with van der Waals surface area (Å²) >= 11 is 0. The number of unbranched alkanes of at least 4 members (excludes halogenated alkanes) is 1. The number of carbonyl (C=O) groups excluding carboxylic acids is 3.